The molecule has 0 amide bonds. The highest BCUT2D eigenvalue weighted by Crippen LogP contribution is 2.32. The summed E-state index contributed by atoms with van der Waals surface area (Å²) < 4.78 is 13.5. The van der Waals surface area contributed by atoms with Crippen molar-refractivity contribution in [3.8, 4) is 0 Å². The van der Waals surface area contributed by atoms with Crippen molar-refractivity contribution in [1.82, 2.24) is 0 Å². The van der Waals surface area contributed by atoms with Crippen LogP contribution >= 0.6 is 23.2 Å². The molecule has 2 N–H and O–H groups in total. The van der Waals surface area contributed by atoms with Gasteiger partial charge in [0.2, 0.25) is 0 Å². The van der Waals surface area contributed by atoms with E-state index in [4.69, 9.17) is 28.9 Å². The van der Waals surface area contributed by atoms with Crippen molar-refractivity contribution in [3.05, 3.63) is 33.6 Å². The second-order valence-corrected chi connectivity index (χ2v) is 4.25. The van der Waals surface area contributed by atoms with E-state index in [-0.39, 0.29) is 10.6 Å². The zero-order valence-electron chi connectivity index (χ0n) is 7.37. The summed E-state index contributed by atoms with van der Waals surface area (Å²) in [5, 5.41) is 0.340. The molecule has 0 heterocycles. The number of nitrogens with two attached hydrogens (primary N) is 1. The first-order valence-corrected chi connectivity index (χ1v) is 4.52. The van der Waals surface area contributed by atoms with E-state index in [9.17, 15) is 4.39 Å². The fraction of sp³-hybridized carbons (Fsp3) is 0.333. The van der Waals surface area contributed by atoms with Crippen molar-refractivity contribution < 1.29 is 4.39 Å². The maximum Gasteiger partial charge on any atom is 0.148 e. The normalized spacial score (nSPS) is 11.8. The molecule has 0 bridgehead atoms. The summed E-state index contributed by atoms with van der Waals surface area (Å²) in [6.45, 7) is 3.35. The van der Waals surface area contributed by atoms with Crippen molar-refractivity contribution in [3.63, 3.8) is 0 Å². The standard InChI is InChI=1S/C9H10Cl2FN/c1-9(2,13)7-5(10)3-4-6(11)8(7)12/h3-4H,13H2,1-2H3. The maximum atomic E-state index is 13.5. The SMILES string of the molecule is CC(C)(N)c1c(Cl)ccc(Cl)c1F. The Hall–Kier alpha value is -0.310. The molecular formula is C9H10Cl2FN. The Kier molecular flexibility index (Phi) is 2.85. The van der Waals surface area contributed by atoms with Crippen LogP contribution in [-0.2, 0) is 5.54 Å². The van der Waals surface area contributed by atoms with Crippen LogP contribution in [0.25, 0.3) is 0 Å². The first-order chi connectivity index (χ1) is 5.84. The second-order valence-electron chi connectivity index (χ2n) is 3.44. The molecule has 4 heteroatoms. The van der Waals surface area contributed by atoms with Gasteiger partial charge in [0.25, 0.3) is 0 Å². The fourth-order valence-corrected chi connectivity index (χ4v) is 1.66. The number of rotatable bonds is 1. The molecule has 72 valence electrons. The van der Waals surface area contributed by atoms with Gasteiger partial charge in [0.15, 0.2) is 0 Å². The third-order valence-electron chi connectivity index (χ3n) is 1.69. The van der Waals surface area contributed by atoms with E-state index in [0.29, 0.717) is 5.02 Å². The lowest BCUT2D eigenvalue weighted by molar-refractivity contribution is 0.502. The summed E-state index contributed by atoms with van der Waals surface area (Å²) in [5.74, 6) is -0.540. The van der Waals surface area contributed by atoms with Crippen molar-refractivity contribution in [1.29, 1.82) is 0 Å². The van der Waals surface area contributed by atoms with Gasteiger partial charge in [-0.1, -0.05) is 23.2 Å². The Labute approximate surface area is 86.6 Å². The van der Waals surface area contributed by atoms with Crippen molar-refractivity contribution in [2.45, 2.75) is 19.4 Å². The van der Waals surface area contributed by atoms with Gasteiger partial charge in [0, 0.05) is 16.1 Å². The van der Waals surface area contributed by atoms with E-state index in [0.717, 1.165) is 0 Å². The summed E-state index contributed by atoms with van der Waals surface area (Å²) in [4.78, 5) is 0. The van der Waals surface area contributed by atoms with Gasteiger partial charge >= 0.3 is 0 Å². The molecule has 0 saturated carbocycles. The Morgan fingerprint density at radius 1 is 1.23 bits per heavy atom. The molecule has 0 radical (unpaired) electrons. The molecule has 0 spiro atoms. The highest BCUT2D eigenvalue weighted by molar-refractivity contribution is 6.33. The molecular weight excluding hydrogens is 212 g/mol. The van der Waals surface area contributed by atoms with Gasteiger partial charge in [0.1, 0.15) is 5.82 Å². The smallest absolute Gasteiger partial charge is 0.148 e. The van der Waals surface area contributed by atoms with Gasteiger partial charge in [-0.3, -0.25) is 0 Å². The van der Waals surface area contributed by atoms with Gasteiger partial charge in [-0.05, 0) is 26.0 Å². The highest BCUT2D eigenvalue weighted by atomic mass is 35.5. The molecule has 0 aromatic heterocycles. The van der Waals surface area contributed by atoms with E-state index in [2.05, 4.69) is 0 Å². The number of benzene rings is 1. The molecule has 0 unspecified atom stereocenters. The van der Waals surface area contributed by atoms with Crippen LogP contribution in [0.5, 0.6) is 0 Å². The zero-order valence-corrected chi connectivity index (χ0v) is 8.88. The zero-order chi connectivity index (χ0) is 10.2. The van der Waals surface area contributed by atoms with E-state index in [1.165, 1.54) is 12.1 Å². The Bertz CT molecular complexity index is 331. The van der Waals surface area contributed by atoms with Gasteiger partial charge in [-0.25, -0.2) is 4.39 Å². The number of hydrogen-bond acceptors (Lipinski definition) is 1. The molecule has 1 nitrogen and oxygen atoms in total. The molecule has 0 fully saturated rings. The van der Waals surface area contributed by atoms with Gasteiger partial charge in [-0.15, -0.1) is 0 Å². The van der Waals surface area contributed by atoms with Crippen LogP contribution in [-0.4, -0.2) is 0 Å². The van der Waals surface area contributed by atoms with Crippen LogP contribution < -0.4 is 5.73 Å². The van der Waals surface area contributed by atoms with Gasteiger partial charge in [-0.2, -0.15) is 0 Å². The van der Waals surface area contributed by atoms with Crippen LogP contribution in [0.3, 0.4) is 0 Å². The monoisotopic (exact) mass is 221 g/mol. The lowest BCUT2D eigenvalue weighted by Gasteiger charge is -2.21. The van der Waals surface area contributed by atoms with E-state index < -0.39 is 11.4 Å². The van der Waals surface area contributed by atoms with Crippen molar-refractivity contribution >= 4 is 23.2 Å². The van der Waals surface area contributed by atoms with E-state index in [1.807, 2.05) is 0 Å². The topological polar surface area (TPSA) is 26.0 Å². The Morgan fingerprint density at radius 3 is 2.08 bits per heavy atom. The van der Waals surface area contributed by atoms with Crippen LogP contribution in [0.2, 0.25) is 10.0 Å². The molecule has 1 aromatic carbocycles. The van der Waals surface area contributed by atoms with Gasteiger partial charge < -0.3 is 5.73 Å². The molecule has 1 aromatic rings. The molecule has 13 heavy (non-hydrogen) atoms. The lowest BCUT2D eigenvalue weighted by atomic mass is 9.95. The largest absolute Gasteiger partial charge is 0.322 e. The third-order valence-corrected chi connectivity index (χ3v) is 2.30. The van der Waals surface area contributed by atoms with Crippen molar-refractivity contribution in [2.75, 3.05) is 0 Å². The van der Waals surface area contributed by atoms with Crippen LogP contribution in [0.4, 0.5) is 4.39 Å². The second kappa shape index (κ2) is 3.45. The molecule has 0 saturated heterocycles. The van der Waals surface area contributed by atoms with E-state index >= 15 is 0 Å². The Morgan fingerprint density at radius 2 is 1.69 bits per heavy atom. The van der Waals surface area contributed by atoms with Gasteiger partial charge in [0.05, 0.1) is 5.02 Å². The van der Waals surface area contributed by atoms with E-state index in [1.54, 1.807) is 13.8 Å². The Balaban J connectivity index is 3.43. The minimum absolute atomic E-state index is 0.0397. The molecule has 0 aliphatic heterocycles. The average molecular weight is 222 g/mol. The molecule has 0 aliphatic rings. The van der Waals surface area contributed by atoms with Crippen LogP contribution in [0.1, 0.15) is 19.4 Å². The predicted molar refractivity (Wildman–Crippen MR) is 53.6 cm³/mol. The lowest BCUT2D eigenvalue weighted by Crippen LogP contribution is -2.30. The minimum Gasteiger partial charge on any atom is -0.322 e. The molecule has 0 aliphatic carbocycles. The third kappa shape index (κ3) is 2.13. The first kappa shape index (κ1) is 10.8. The highest BCUT2D eigenvalue weighted by Gasteiger charge is 2.23. The quantitative estimate of drug-likeness (QED) is 0.724. The number of halogens is 3. The van der Waals surface area contributed by atoms with Crippen LogP contribution in [0.15, 0.2) is 12.1 Å². The summed E-state index contributed by atoms with van der Waals surface area (Å²) in [6, 6.07) is 2.95. The fourth-order valence-electron chi connectivity index (χ4n) is 1.12. The predicted octanol–water partition coefficient (Wildman–Crippen LogP) is 3.33. The molecule has 0 atom stereocenters. The molecule has 1 rings (SSSR count). The summed E-state index contributed by atoms with van der Waals surface area (Å²) in [5.41, 5.74) is 5.17. The summed E-state index contributed by atoms with van der Waals surface area (Å²) in [6.07, 6.45) is 0. The average Bonchev–Trinajstić information content (AvgIpc) is 1.95. The van der Waals surface area contributed by atoms with Crippen LogP contribution in [0, 0.1) is 5.82 Å². The number of hydrogen-bond donors (Lipinski definition) is 1. The first-order valence-electron chi connectivity index (χ1n) is 3.77. The minimum atomic E-state index is -0.827. The summed E-state index contributed by atoms with van der Waals surface area (Å²) >= 11 is 11.4. The van der Waals surface area contributed by atoms with Crippen molar-refractivity contribution in [2.24, 2.45) is 5.73 Å². The maximum absolute atomic E-state index is 13.5. The summed E-state index contributed by atoms with van der Waals surface area (Å²) in [7, 11) is 0.